The minimum absolute atomic E-state index is 0.00756. The number of hydrogen-bond acceptors (Lipinski definition) is 3. The molecule has 3 nitrogen and oxygen atoms in total. The number of halogens is 1. The summed E-state index contributed by atoms with van der Waals surface area (Å²) in [6, 6.07) is 6.30. The second-order valence-corrected chi connectivity index (χ2v) is 6.04. The molecule has 0 heterocycles. The van der Waals surface area contributed by atoms with Crippen LogP contribution in [-0.2, 0) is 10.5 Å². The lowest BCUT2D eigenvalue weighted by molar-refractivity contribution is -0.118. The monoisotopic (exact) mass is 283 g/mol. The van der Waals surface area contributed by atoms with Crippen LogP contribution in [0.3, 0.4) is 0 Å². The van der Waals surface area contributed by atoms with Gasteiger partial charge in [0.25, 0.3) is 0 Å². The molecule has 0 aromatic heterocycles. The van der Waals surface area contributed by atoms with Crippen molar-refractivity contribution in [1.29, 1.82) is 0 Å². The molecule has 0 unspecified atom stereocenters. The van der Waals surface area contributed by atoms with Gasteiger partial charge in [0.15, 0.2) is 0 Å². The fourth-order valence-electron chi connectivity index (χ4n) is 1.75. The first-order chi connectivity index (χ1) is 9.13. The van der Waals surface area contributed by atoms with E-state index in [1.165, 1.54) is 23.9 Å². The normalized spacial score (nSPS) is 16.1. The van der Waals surface area contributed by atoms with Crippen molar-refractivity contribution < 1.29 is 14.3 Å². The maximum atomic E-state index is 12.7. The Hall–Kier alpha value is -1.07. The highest BCUT2D eigenvalue weighted by molar-refractivity contribution is 7.99. The van der Waals surface area contributed by atoms with Crippen molar-refractivity contribution in [3.05, 3.63) is 35.6 Å². The minimum Gasteiger partial charge on any atom is -0.396 e. The predicted molar refractivity (Wildman–Crippen MR) is 74.3 cm³/mol. The Labute approximate surface area is 116 Å². The van der Waals surface area contributed by atoms with Crippen molar-refractivity contribution in [3.63, 3.8) is 0 Å². The summed E-state index contributed by atoms with van der Waals surface area (Å²) in [6.07, 6.45) is 1.99. The van der Waals surface area contributed by atoms with Crippen LogP contribution in [0.25, 0.3) is 0 Å². The second-order valence-electron chi connectivity index (χ2n) is 5.05. The van der Waals surface area contributed by atoms with Crippen LogP contribution in [0.15, 0.2) is 24.3 Å². The largest absolute Gasteiger partial charge is 0.396 e. The molecule has 1 saturated carbocycles. The Kier molecular flexibility index (Phi) is 4.82. The topological polar surface area (TPSA) is 49.3 Å². The van der Waals surface area contributed by atoms with Crippen molar-refractivity contribution in [1.82, 2.24) is 5.32 Å². The van der Waals surface area contributed by atoms with Gasteiger partial charge in [-0.3, -0.25) is 4.79 Å². The maximum absolute atomic E-state index is 12.7. The van der Waals surface area contributed by atoms with E-state index < -0.39 is 0 Å². The molecule has 0 aliphatic heterocycles. The highest BCUT2D eigenvalue weighted by Gasteiger charge is 2.41. The summed E-state index contributed by atoms with van der Waals surface area (Å²) in [5.41, 5.74) is 0.963. The molecule has 1 aromatic rings. The number of aliphatic hydroxyl groups is 1. The van der Waals surface area contributed by atoms with E-state index in [2.05, 4.69) is 5.32 Å². The number of hydrogen-bond donors (Lipinski definition) is 2. The third-order valence-electron chi connectivity index (χ3n) is 3.37. The second kappa shape index (κ2) is 6.39. The number of aliphatic hydroxyl groups excluding tert-OH is 1. The lowest BCUT2D eigenvalue weighted by Crippen LogP contribution is -2.33. The summed E-state index contributed by atoms with van der Waals surface area (Å²) in [4.78, 5) is 11.6. The van der Waals surface area contributed by atoms with Crippen molar-refractivity contribution in [2.75, 3.05) is 18.9 Å². The summed E-state index contributed by atoms with van der Waals surface area (Å²) in [6.45, 7) is 0.718. The molecule has 1 aliphatic rings. The Morgan fingerprint density at radius 3 is 2.63 bits per heavy atom. The van der Waals surface area contributed by atoms with Crippen molar-refractivity contribution in [2.45, 2.75) is 18.6 Å². The third-order valence-corrected chi connectivity index (χ3v) is 4.37. The fraction of sp³-hybridized carbons (Fsp3) is 0.500. The summed E-state index contributed by atoms with van der Waals surface area (Å²) in [7, 11) is 0. The van der Waals surface area contributed by atoms with Crippen molar-refractivity contribution in [2.24, 2.45) is 5.41 Å². The van der Waals surface area contributed by atoms with Crippen LogP contribution in [0.5, 0.6) is 0 Å². The number of amides is 1. The lowest BCUT2D eigenvalue weighted by atomic mass is 10.1. The van der Waals surface area contributed by atoms with Gasteiger partial charge >= 0.3 is 0 Å². The van der Waals surface area contributed by atoms with Gasteiger partial charge in [-0.2, -0.15) is 0 Å². The number of benzene rings is 1. The van der Waals surface area contributed by atoms with E-state index >= 15 is 0 Å². The van der Waals surface area contributed by atoms with Crippen LogP contribution in [0.1, 0.15) is 18.4 Å². The number of rotatable bonds is 7. The van der Waals surface area contributed by atoms with E-state index in [0.29, 0.717) is 18.1 Å². The fourth-order valence-corrected chi connectivity index (χ4v) is 2.56. The zero-order valence-corrected chi connectivity index (χ0v) is 11.5. The molecule has 0 bridgehead atoms. The molecular weight excluding hydrogens is 265 g/mol. The lowest BCUT2D eigenvalue weighted by Gasteiger charge is -2.12. The number of carbonyl (C=O) groups is 1. The Morgan fingerprint density at radius 1 is 1.37 bits per heavy atom. The molecular formula is C14H18FNO2S. The average Bonchev–Trinajstić information content (AvgIpc) is 3.19. The number of nitrogens with one attached hydrogen (secondary N) is 1. The summed E-state index contributed by atoms with van der Waals surface area (Å²) >= 11 is 1.50. The smallest absolute Gasteiger partial charge is 0.230 e. The summed E-state index contributed by atoms with van der Waals surface area (Å²) < 4.78 is 12.7. The van der Waals surface area contributed by atoms with E-state index in [4.69, 9.17) is 5.11 Å². The van der Waals surface area contributed by atoms with Gasteiger partial charge in [-0.1, -0.05) is 12.1 Å². The van der Waals surface area contributed by atoms with E-state index in [1.54, 1.807) is 12.1 Å². The Balaban J connectivity index is 1.62. The molecule has 1 fully saturated rings. The molecule has 0 radical (unpaired) electrons. The SMILES string of the molecule is O=C(CSCc1ccc(F)cc1)NCC1(CO)CC1. The van der Waals surface area contributed by atoms with Crippen LogP contribution in [-0.4, -0.2) is 29.9 Å². The number of thioether (sulfide) groups is 1. The maximum Gasteiger partial charge on any atom is 0.230 e. The van der Waals surface area contributed by atoms with Crippen molar-refractivity contribution >= 4 is 17.7 Å². The van der Waals surface area contributed by atoms with Crippen LogP contribution >= 0.6 is 11.8 Å². The highest BCUT2D eigenvalue weighted by Crippen LogP contribution is 2.44. The predicted octanol–water partition coefficient (Wildman–Crippen LogP) is 1.95. The number of carbonyl (C=O) groups excluding carboxylic acids is 1. The molecule has 0 atom stereocenters. The first-order valence-electron chi connectivity index (χ1n) is 6.33. The summed E-state index contributed by atoms with van der Waals surface area (Å²) in [5, 5.41) is 12.0. The molecule has 0 spiro atoms. The molecule has 2 N–H and O–H groups in total. The molecule has 104 valence electrons. The zero-order chi connectivity index (χ0) is 13.7. The van der Waals surface area contributed by atoms with Crippen LogP contribution < -0.4 is 5.32 Å². The molecule has 5 heteroatoms. The first kappa shape index (κ1) is 14.3. The van der Waals surface area contributed by atoms with E-state index in [9.17, 15) is 9.18 Å². The standard InChI is InChI=1S/C14H18FNO2S/c15-12-3-1-11(2-4-12)7-19-8-13(18)16-9-14(10-17)5-6-14/h1-4,17H,5-10H2,(H,16,18). The Bertz CT molecular complexity index is 432. The van der Waals surface area contributed by atoms with Gasteiger partial charge in [0, 0.05) is 17.7 Å². The van der Waals surface area contributed by atoms with E-state index in [0.717, 1.165) is 18.4 Å². The molecule has 0 saturated heterocycles. The zero-order valence-electron chi connectivity index (χ0n) is 10.7. The van der Waals surface area contributed by atoms with Crippen molar-refractivity contribution in [3.8, 4) is 0 Å². The van der Waals surface area contributed by atoms with Gasteiger partial charge in [0.2, 0.25) is 5.91 Å². The molecule has 1 aliphatic carbocycles. The Morgan fingerprint density at radius 2 is 2.05 bits per heavy atom. The van der Waals surface area contributed by atoms with Gasteiger partial charge < -0.3 is 10.4 Å². The average molecular weight is 283 g/mol. The minimum atomic E-state index is -0.245. The first-order valence-corrected chi connectivity index (χ1v) is 7.49. The molecule has 19 heavy (non-hydrogen) atoms. The van der Waals surface area contributed by atoms with Gasteiger partial charge in [-0.05, 0) is 30.5 Å². The van der Waals surface area contributed by atoms with Gasteiger partial charge in [0.1, 0.15) is 5.82 Å². The van der Waals surface area contributed by atoms with Crippen LogP contribution in [0.4, 0.5) is 4.39 Å². The van der Waals surface area contributed by atoms with Crippen LogP contribution in [0, 0.1) is 11.2 Å². The molecule has 1 amide bonds. The van der Waals surface area contributed by atoms with Gasteiger partial charge in [0.05, 0.1) is 12.4 Å². The van der Waals surface area contributed by atoms with E-state index in [-0.39, 0.29) is 23.7 Å². The van der Waals surface area contributed by atoms with Crippen LogP contribution in [0.2, 0.25) is 0 Å². The summed E-state index contributed by atoms with van der Waals surface area (Å²) in [5.74, 6) is 0.828. The van der Waals surface area contributed by atoms with E-state index in [1.807, 2.05) is 0 Å². The van der Waals surface area contributed by atoms with Gasteiger partial charge in [-0.15, -0.1) is 11.8 Å². The quantitative estimate of drug-likeness (QED) is 0.804. The highest BCUT2D eigenvalue weighted by atomic mass is 32.2. The molecule has 2 rings (SSSR count). The molecule has 1 aromatic carbocycles. The third kappa shape index (κ3) is 4.51. The van der Waals surface area contributed by atoms with Gasteiger partial charge in [-0.25, -0.2) is 4.39 Å².